The van der Waals surface area contributed by atoms with Gasteiger partial charge in [-0.15, -0.1) is 0 Å². The molecule has 1 heterocycles. The van der Waals surface area contributed by atoms with Crippen molar-refractivity contribution in [3.63, 3.8) is 0 Å². The Labute approximate surface area is 148 Å². The van der Waals surface area contributed by atoms with E-state index in [9.17, 15) is 18.0 Å². The largest absolute Gasteiger partial charge is 0.481 e. The molecule has 1 aromatic rings. The Morgan fingerprint density at radius 1 is 1.24 bits per heavy atom. The van der Waals surface area contributed by atoms with E-state index in [1.807, 2.05) is 4.90 Å². The molecule has 0 saturated carbocycles. The van der Waals surface area contributed by atoms with E-state index in [0.29, 0.717) is 25.1 Å². The Balaban J connectivity index is 2.21. The highest BCUT2D eigenvalue weighted by atomic mass is 32.2. The van der Waals surface area contributed by atoms with Crippen LogP contribution < -0.4 is 0 Å². The molecule has 1 saturated heterocycles. The number of carbonyl (C=O) groups excluding carboxylic acids is 1. The summed E-state index contributed by atoms with van der Waals surface area (Å²) in [4.78, 5) is 25.4. The highest BCUT2D eigenvalue weighted by molar-refractivity contribution is 7.90. The highest BCUT2D eigenvalue weighted by Gasteiger charge is 2.33. The van der Waals surface area contributed by atoms with Crippen molar-refractivity contribution in [3.8, 4) is 0 Å². The van der Waals surface area contributed by atoms with E-state index >= 15 is 0 Å². The van der Waals surface area contributed by atoms with E-state index < -0.39 is 15.8 Å². The van der Waals surface area contributed by atoms with Crippen LogP contribution >= 0.6 is 0 Å². The molecule has 0 aliphatic carbocycles. The van der Waals surface area contributed by atoms with E-state index in [0.717, 1.165) is 12.0 Å². The zero-order valence-corrected chi connectivity index (χ0v) is 15.5. The Kier molecular flexibility index (Phi) is 5.37. The molecular formula is C18H23NO5S. The third-order valence-electron chi connectivity index (χ3n) is 4.15. The Morgan fingerprint density at radius 3 is 2.36 bits per heavy atom. The van der Waals surface area contributed by atoms with Crippen molar-refractivity contribution in [1.29, 1.82) is 0 Å². The number of benzene rings is 1. The second kappa shape index (κ2) is 7.00. The minimum atomic E-state index is -3.30. The average molecular weight is 365 g/mol. The fourth-order valence-electron chi connectivity index (χ4n) is 2.97. The molecule has 0 spiro atoms. The van der Waals surface area contributed by atoms with Crippen LogP contribution in [-0.4, -0.2) is 49.5 Å². The molecule has 1 aliphatic heterocycles. The first-order valence-electron chi connectivity index (χ1n) is 8.00. The van der Waals surface area contributed by atoms with Crippen molar-refractivity contribution in [2.75, 3.05) is 19.3 Å². The average Bonchev–Trinajstić information content (AvgIpc) is 2.78. The van der Waals surface area contributed by atoms with Gasteiger partial charge in [0.1, 0.15) is 0 Å². The number of ketones is 1. The summed E-state index contributed by atoms with van der Waals surface area (Å²) in [6.07, 6.45) is 3.36. The predicted molar refractivity (Wildman–Crippen MR) is 94.2 cm³/mol. The normalized spacial score (nSPS) is 18.5. The Hall–Kier alpha value is -2.15. The predicted octanol–water partition coefficient (Wildman–Crippen LogP) is 2.36. The zero-order chi connectivity index (χ0) is 18.8. The van der Waals surface area contributed by atoms with Gasteiger partial charge in [0.2, 0.25) is 0 Å². The zero-order valence-electron chi connectivity index (χ0n) is 14.7. The van der Waals surface area contributed by atoms with Crippen molar-refractivity contribution in [1.82, 2.24) is 4.90 Å². The van der Waals surface area contributed by atoms with E-state index in [2.05, 4.69) is 13.8 Å². The second-order valence-electron chi connectivity index (χ2n) is 7.20. The molecule has 25 heavy (non-hydrogen) atoms. The summed E-state index contributed by atoms with van der Waals surface area (Å²) < 4.78 is 23.0. The Morgan fingerprint density at radius 2 is 1.84 bits per heavy atom. The summed E-state index contributed by atoms with van der Waals surface area (Å²) in [5.74, 6) is -1.08. The number of rotatable bonds is 6. The van der Waals surface area contributed by atoms with Crippen LogP contribution in [0.2, 0.25) is 0 Å². The maximum atomic E-state index is 12.5. The van der Waals surface area contributed by atoms with Gasteiger partial charge in [0.25, 0.3) is 0 Å². The van der Waals surface area contributed by atoms with Crippen molar-refractivity contribution in [2.24, 2.45) is 5.41 Å². The summed E-state index contributed by atoms with van der Waals surface area (Å²) >= 11 is 0. The first kappa shape index (κ1) is 19.2. The van der Waals surface area contributed by atoms with Gasteiger partial charge in [0, 0.05) is 36.7 Å². The molecule has 136 valence electrons. The molecule has 7 heteroatoms. The van der Waals surface area contributed by atoms with Crippen molar-refractivity contribution in [2.45, 2.75) is 31.6 Å². The van der Waals surface area contributed by atoms with Gasteiger partial charge in [0.05, 0.1) is 11.3 Å². The number of carboxylic acids is 1. The maximum Gasteiger partial charge on any atom is 0.305 e. The fraction of sp³-hybridized carbons (Fsp3) is 0.444. The van der Waals surface area contributed by atoms with Crippen LogP contribution in [0.15, 0.2) is 40.9 Å². The summed E-state index contributed by atoms with van der Waals surface area (Å²) in [6, 6.07) is 5.83. The minimum Gasteiger partial charge on any atom is -0.481 e. The van der Waals surface area contributed by atoms with Crippen LogP contribution in [0.5, 0.6) is 0 Å². The van der Waals surface area contributed by atoms with Gasteiger partial charge in [-0.1, -0.05) is 13.8 Å². The number of aliphatic carboxylic acids is 1. The first-order chi connectivity index (χ1) is 11.5. The second-order valence-corrected chi connectivity index (χ2v) is 9.22. The topological polar surface area (TPSA) is 91.8 Å². The van der Waals surface area contributed by atoms with E-state index in [-0.39, 0.29) is 22.5 Å². The lowest BCUT2D eigenvalue weighted by atomic mass is 9.92. The molecule has 0 aromatic heterocycles. The van der Waals surface area contributed by atoms with Crippen molar-refractivity contribution in [3.05, 3.63) is 41.6 Å². The van der Waals surface area contributed by atoms with Gasteiger partial charge in [-0.3, -0.25) is 9.59 Å². The number of carbonyl (C=O) groups is 2. The number of allylic oxidation sites excluding steroid dienone is 2. The van der Waals surface area contributed by atoms with Crippen LogP contribution in [0.1, 0.15) is 37.0 Å². The molecule has 6 nitrogen and oxygen atoms in total. The van der Waals surface area contributed by atoms with Gasteiger partial charge in [-0.25, -0.2) is 8.42 Å². The molecule has 0 atom stereocenters. The van der Waals surface area contributed by atoms with E-state index in [1.54, 1.807) is 0 Å². The summed E-state index contributed by atoms with van der Waals surface area (Å²) in [5, 5.41) is 8.88. The quantitative estimate of drug-likeness (QED) is 0.615. The number of nitrogens with zero attached hydrogens (tertiary/aromatic N) is 1. The third-order valence-corrected chi connectivity index (χ3v) is 5.27. The molecule has 0 amide bonds. The number of carboxylic acid groups (broad SMARTS) is 1. The smallest absolute Gasteiger partial charge is 0.305 e. The van der Waals surface area contributed by atoms with Gasteiger partial charge in [-0.05, 0) is 36.1 Å². The fourth-order valence-corrected chi connectivity index (χ4v) is 3.60. The summed E-state index contributed by atoms with van der Waals surface area (Å²) in [7, 11) is -3.30. The Bertz CT molecular complexity index is 806. The standard InChI is InChI=1S/C18H23NO5S/c1-18(2)11-14(19(12-18)9-8-17(21)22)10-16(20)13-4-6-15(7-5-13)25(3,23)24/h4-7,10H,8-9,11-12H2,1-3H3,(H,21,22)/b14-10+. The lowest BCUT2D eigenvalue weighted by molar-refractivity contribution is -0.137. The minimum absolute atomic E-state index is 0.0185. The van der Waals surface area contributed by atoms with Crippen LogP contribution in [0.4, 0.5) is 0 Å². The third kappa shape index (κ3) is 5.16. The number of hydrogen-bond acceptors (Lipinski definition) is 5. The molecule has 2 rings (SSSR count). The van der Waals surface area contributed by atoms with Crippen molar-refractivity contribution >= 4 is 21.6 Å². The van der Waals surface area contributed by atoms with Crippen molar-refractivity contribution < 1.29 is 23.1 Å². The lowest BCUT2D eigenvalue weighted by Crippen LogP contribution is -2.25. The van der Waals surface area contributed by atoms with Crippen LogP contribution in [0.3, 0.4) is 0 Å². The van der Waals surface area contributed by atoms with E-state index in [1.165, 1.54) is 30.3 Å². The molecule has 0 unspecified atom stereocenters. The van der Waals surface area contributed by atoms with Crippen LogP contribution in [0.25, 0.3) is 0 Å². The monoisotopic (exact) mass is 365 g/mol. The molecule has 1 N–H and O–H groups in total. The molecule has 1 aromatic carbocycles. The summed E-state index contributed by atoms with van der Waals surface area (Å²) in [6.45, 7) is 5.22. The number of hydrogen-bond donors (Lipinski definition) is 1. The lowest BCUT2D eigenvalue weighted by Gasteiger charge is -2.21. The van der Waals surface area contributed by atoms with Gasteiger partial charge in [-0.2, -0.15) is 0 Å². The first-order valence-corrected chi connectivity index (χ1v) is 9.89. The molecule has 1 aliphatic rings. The molecular weight excluding hydrogens is 342 g/mol. The molecule has 0 bridgehead atoms. The van der Waals surface area contributed by atoms with E-state index in [4.69, 9.17) is 5.11 Å². The number of likely N-dealkylation sites (tertiary alicyclic amines) is 1. The number of sulfone groups is 1. The summed E-state index contributed by atoms with van der Waals surface area (Å²) in [5.41, 5.74) is 1.20. The molecule has 1 fully saturated rings. The van der Waals surface area contributed by atoms with Gasteiger partial charge in [0.15, 0.2) is 15.6 Å². The van der Waals surface area contributed by atoms with Gasteiger partial charge >= 0.3 is 5.97 Å². The maximum absolute atomic E-state index is 12.5. The highest BCUT2D eigenvalue weighted by Crippen LogP contribution is 2.36. The van der Waals surface area contributed by atoms with Crippen LogP contribution in [-0.2, 0) is 14.6 Å². The molecule has 0 radical (unpaired) electrons. The van der Waals surface area contributed by atoms with Crippen LogP contribution in [0, 0.1) is 5.41 Å². The van der Waals surface area contributed by atoms with Gasteiger partial charge < -0.3 is 10.0 Å². The SMILES string of the molecule is CC1(C)C/C(=C\C(=O)c2ccc(S(C)(=O)=O)cc2)N(CCC(=O)O)C1.